The summed E-state index contributed by atoms with van der Waals surface area (Å²) in [7, 11) is 0. The number of aromatic nitrogens is 2. The maximum absolute atomic E-state index is 12.7. The quantitative estimate of drug-likeness (QED) is 0.719. The standard InChI is InChI=1S/C19H20N2O/c22-19(14-6-2-1-3-7-14)13-21-17-9-5-4-8-15(17)16-10-11-20-12-18(16)21/h4-5,8-12,14H,1-3,6-7,13H2. The molecule has 0 amide bonds. The monoisotopic (exact) mass is 292 g/mol. The average Bonchev–Trinajstić information content (AvgIpc) is 2.90. The third-order valence-corrected chi connectivity index (χ3v) is 4.95. The SMILES string of the molecule is O=C(Cn1c2ccccc2c2ccncc21)C1CCCCC1. The van der Waals surface area contributed by atoms with Crippen LogP contribution in [0.5, 0.6) is 0 Å². The van der Waals surface area contributed by atoms with Crippen LogP contribution >= 0.6 is 0 Å². The Morgan fingerprint density at radius 3 is 2.68 bits per heavy atom. The first kappa shape index (κ1) is 13.5. The number of rotatable bonds is 3. The van der Waals surface area contributed by atoms with Gasteiger partial charge in [0.15, 0.2) is 5.78 Å². The molecule has 2 aromatic heterocycles. The largest absolute Gasteiger partial charge is 0.332 e. The summed E-state index contributed by atoms with van der Waals surface area (Å²) in [5.41, 5.74) is 2.20. The van der Waals surface area contributed by atoms with E-state index < -0.39 is 0 Å². The highest BCUT2D eigenvalue weighted by Crippen LogP contribution is 2.30. The number of para-hydroxylation sites is 1. The van der Waals surface area contributed by atoms with Gasteiger partial charge in [0.25, 0.3) is 0 Å². The highest BCUT2D eigenvalue weighted by molar-refractivity contribution is 6.08. The van der Waals surface area contributed by atoms with Crippen LogP contribution in [0.1, 0.15) is 32.1 Å². The minimum atomic E-state index is 0.252. The van der Waals surface area contributed by atoms with Crippen molar-refractivity contribution in [2.45, 2.75) is 38.6 Å². The van der Waals surface area contributed by atoms with Crippen LogP contribution in [0.2, 0.25) is 0 Å². The van der Waals surface area contributed by atoms with Crippen LogP contribution in [0.3, 0.4) is 0 Å². The van der Waals surface area contributed by atoms with Crippen molar-refractivity contribution in [1.29, 1.82) is 0 Å². The third-order valence-electron chi connectivity index (χ3n) is 4.95. The van der Waals surface area contributed by atoms with Gasteiger partial charge in [-0.05, 0) is 25.0 Å². The van der Waals surface area contributed by atoms with Gasteiger partial charge in [-0.3, -0.25) is 9.78 Å². The van der Waals surface area contributed by atoms with E-state index in [1.807, 2.05) is 24.5 Å². The molecule has 0 atom stereocenters. The number of hydrogen-bond acceptors (Lipinski definition) is 2. The van der Waals surface area contributed by atoms with E-state index in [1.54, 1.807) is 0 Å². The number of carbonyl (C=O) groups is 1. The highest BCUT2D eigenvalue weighted by Gasteiger charge is 2.22. The van der Waals surface area contributed by atoms with Gasteiger partial charge >= 0.3 is 0 Å². The molecule has 0 radical (unpaired) electrons. The molecule has 1 saturated carbocycles. The zero-order chi connectivity index (χ0) is 14.9. The topological polar surface area (TPSA) is 34.9 Å². The summed E-state index contributed by atoms with van der Waals surface area (Å²) in [5.74, 6) is 0.632. The van der Waals surface area contributed by atoms with Gasteiger partial charge in [0.2, 0.25) is 0 Å². The lowest BCUT2D eigenvalue weighted by Gasteiger charge is -2.20. The van der Waals surface area contributed by atoms with E-state index in [2.05, 4.69) is 27.8 Å². The molecule has 3 heteroatoms. The van der Waals surface area contributed by atoms with Crippen LogP contribution in [0.4, 0.5) is 0 Å². The second kappa shape index (κ2) is 5.56. The van der Waals surface area contributed by atoms with Crippen LogP contribution in [0.25, 0.3) is 21.8 Å². The zero-order valence-corrected chi connectivity index (χ0v) is 12.7. The van der Waals surface area contributed by atoms with Gasteiger partial charge in [-0.25, -0.2) is 0 Å². The molecule has 0 unspecified atom stereocenters. The van der Waals surface area contributed by atoms with E-state index in [-0.39, 0.29) is 5.92 Å². The molecule has 4 rings (SSSR count). The van der Waals surface area contributed by atoms with Crippen molar-refractivity contribution in [3.63, 3.8) is 0 Å². The molecule has 0 spiro atoms. The number of benzene rings is 1. The smallest absolute Gasteiger partial charge is 0.155 e. The molecule has 1 aliphatic carbocycles. The second-order valence-corrected chi connectivity index (χ2v) is 6.30. The fourth-order valence-corrected chi connectivity index (χ4v) is 3.78. The van der Waals surface area contributed by atoms with E-state index >= 15 is 0 Å². The Labute approximate surface area is 130 Å². The molecule has 1 fully saturated rings. The molecule has 0 aliphatic heterocycles. The molecule has 3 aromatic rings. The average molecular weight is 292 g/mol. The van der Waals surface area contributed by atoms with E-state index in [4.69, 9.17) is 0 Å². The Morgan fingerprint density at radius 2 is 1.82 bits per heavy atom. The van der Waals surface area contributed by atoms with Crippen molar-refractivity contribution in [3.8, 4) is 0 Å². The molecular weight excluding hydrogens is 272 g/mol. The van der Waals surface area contributed by atoms with E-state index in [9.17, 15) is 4.79 Å². The normalized spacial score (nSPS) is 16.4. The van der Waals surface area contributed by atoms with E-state index in [0.29, 0.717) is 12.3 Å². The van der Waals surface area contributed by atoms with E-state index in [1.165, 1.54) is 30.0 Å². The minimum absolute atomic E-state index is 0.252. The fraction of sp³-hybridized carbons (Fsp3) is 0.368. The maximum atomic E-state index is 12.7. The summed E-state index contributed by atoms with van der Waals surface area (Å²) >= 11 is 0. The van der Waals surface area contributed by atoms with Crippen molar-refractivity contribution in [2.75, 3.05) is 0 Å². The van der Waals surface area contributed by atoms with Gasteiger partial charge in [-0.1, -0.05) is 37.5 Å². The first-order chi connectivity index (χ1) is 10.8. The predicted octanol–water partition coefficient (Wildman–Crippen LogP) is 4.34. The summed E-state index contributed by atoms with van der Waals surface area (Å²) in [6.07, 6.45) is 9.51. The fourth-order valence-electron chi connectivity index (χ4n) is 3.78. The Bertz CT molecular complexity index is 774. The summed E-state index contributed by atoms with van der Waals surface area (Å²) in [6.45, 7) is 0.473. The lowest BCUT2D eigenvalue weighted by molar-refractivity contribution is -0.124. The van der Waals surface area contributed by atoms with Crippen molar-refractivity contribution in [1.82, 2.24) is 9.55 Å². The highest BCUT2D eigenvalue weighted by atomic mass is 16.1. The number of hydrogen-bond donors (Lipinski definition) is 0. The molecule has 0 N–H and O–H groups in total. The van der Waals surface area contributed by atoms with E-state index in [0.717, 1.165) is 23.9 Å². The van der Waals surface area contributed by atoms with Gasteiger partial charge in [-0.2, -0.15) is 0 Å². The van der Waals surface area contributed by atoms with Crippen LogP contribution in [0, 0.1) is 5.92 Å². The summed E-state index contributed by atoms with van der Waals surface area (Å²) in [5, 5.41) is 2.39. The minimum Gasteiger partial charge on any atom is -0.332 e. The second-order valence-electron chi connectivity index (χ2n) is 6.30. The van der Waals surface area contributed by atoms with Crippen molar-refractivity contribution < 1.29 is 4.79 Å². The van der Waals surface area contributed by atoms with Crippen molar-refractivity contribution in [2.24, 2.45) is 5.92 Å². The van der Waals surface area contributed by atoms with Crippen molar-refractivity contribution >= 4 is 27.6 Å². The van der Waals surface area contributed by atoms with Crippen molar-refractivity contribution in [3.05, 3.63) is 42.7 Å². The number of ketones is 1. The van der Waals surface area contributed by atoms with Gasteiger partial charge in [0.1, 0.15) is 0 Å². The molecule has 0 bridgehead atoms. The molecule has 1 aliphatic rings. The first-order valence-corrected chi connectivity index (χ1v) is 8.18. The Kier molecular flexibility index (Phi) is 3.41. The summed E-state index contributed by atoms with van der Waals surface area (Å²) in [6, 6.07) is 10.4. The third kappa shape index (κ3) is 2.21. The molecule has 2 heterocycles. The Hall–Kier alpha value is -2.16. The molecule has 22 heavy (non-hydrogen) atoms. The Balaban J connectivity index is 1.77. The lowest BCUT2D eigenvalue weighted by Crippen LogP contribution is -2.22. The molecular formula is C19H20N2O. The van der Waals surface area contributed by atoms with Gasteiger partial charge in [0.05, 0.1) is 18.3 Å². The predicted molar refractivity (Wildman–Crippen MR) is 88.8 cm³/mol. The molecule has 1 aromatic carbocycles. The number of pyridine rings is 1. The first-order valence-electron chi connectivity index (χ1n) is 8.18. The summed E-state index contributed by atoms with van der Waals surface area (Å²) in [4.78, 5) is 17.0. The number of nitrogens with zero attached hydrogens (tertiary/aromatic N) is 2. The Morgan fingerprint density at radius 1 is 1.05 bits per heavy atom. The van der Waals surface area contributed by atoms with Gasteiger partial charge in [-0.15, -0.1) is 0 Å². The van der Waals surface area contributed by atoms with Crippen LogP contribution in [-0.4, -0.2) is 15.3 Å². The summed E-state index contributed by atoms with van der Waals surface area (Å²) < 4.78 is 2.15. The van der Waals surface area contributed by atoms with Crippen LogP contribution < -0.4 is 0 Å². The van der Waals surface area contributed by atoms with Gasteiger partial charge in [0, 0.05) is 28.4 Å². The number of fused-ring (bicyclic) bond motifs is 3. The number of carbonyl (C=O) groups excluding carboxylic acids is 1. The molecule has 112 valence electrons. The van der Waals surface area contributed by atoms with Crippen LogP contribution in [0.15, 0.2) is 42.7 Å². The lowest BCUT2D eigenvalue weighted by atomic mass is 9.86. The zero-order valence-electron chi connectivity index (χ0n) is 12.7. The molecule has 0 saturated heterocycles. The van der Waals surface area contributed by atoms with Crippen LogP contribution in [-0.2, 0) is 11.3 Å². The maximum Gasteiger partial charge on any atom is 0.155 e. The number of Topliss-reactive ketones (excluding diaryl/α,β-unsaturated/α-hetero) is 1. The van der Waals surface area contributed by atoms with Gasteiger partial charge < -0.3 is 4.57 Å². The molecule has 3 nitrogen and oxygen atoms in total.